The predicted octanol–water partition coefficient (Wildman–Crippen LogP) is 0.419. The second-order valence-corrected chi connectivity index (χ2v) is 10.2. The maximum absolute atomic E-state index is 13.1. The van der Waals surface area contributed by atoms with E-state index in [1.54, 1.807) is 48.5 Å². The van der Waals surface area contributed by atoms with Crippen LogP contribution < -0.4 is 9.80 Å². The van der Waals surface area contributed by atoms with Gasteiger partial charge in [-0.05, 0) is 38.1 Å². The number of imide groups is 1. The summed E-state index contributed by atoms with van der Waals surface area (Å²) in [6.45, 7) is 4.78. The highest BCUT2D eigenvalue weighted by Crippen LogP contribution is 2.24. The number of amides is 2. The van der Waals surface area contributed by atoms with Gasteiger partial charge in [0.25, 0.3) is 5.91 Å². The van der Waals surface area contributed by atoms with E-state index in [1.165, 1.54) is 11.2 Å². The molecule has 0 aliphatic carbocycles. The number of carbonyl (C=O) groups excluding carboxylic acids is 3. The first-order valence-corrected chi connectivity index (χ1v) is 12.0. The van der Waals surface area contributed by atoms with Crippen molar-refractivity contribution < 1.29 is 27.7 Å². The van der Waals surface area contributed by atoms with Crippen LogP contribution in [-0.4, -0.2) is 62.5 Å². The van der Waals surface area contributed by atoms with Crippen LogP contribution in [0.3, 0.4) is 0 Å². The van der Waals surface area contributed by atoms with Gasteiger partial charge >= 0.3 is 0 Å². The van der Waals surface area contributed by atoms with Crippen LogP contribution in [0.2, 0.25) is 0 Å². The van der Waals surface area contributed by atoms with E-state index in [1.807, 2.05) is 6.92 Å². The highest BCUT2D eigenvalue weighted by molar-refractivity contribution is 7.89. The summed E-state index contributed by atoms with van der Waals surface area (Å²) in [6, 6.07) is 12.7. The Morgan fingerprint density at radius 1 is 1.03 bits per heavy atom. The second kappa shape index (κ2) is 8.57. The number of hydrogen-bond donors (Lipinski definition) is 1. The van der Waals surface area contributed by atoms with Crippen molar-refractivity contribution in [1.82, 2.24) is 4.31 Å². The molecule has 9 heteroatoms. The lowest BCUT2D eigenvalue weighted by atomic mass is 10.1. The molecule has 4 rings (SSSR count). The van der Waals surface area contributed by atoms with E-state index in [0.717, 1.165) is 15.4 Å². The van der Waals surface area contributed by atoms with Crippen molar-refractivity contribution in [2.75, 3.05) is 31.1 Å². The monoisotopic (exact) mass is 456 g/mol. The molecule has 2 fully saturated rings. The molecule has 0 saturated carbocycles. The third-order valence-electron chi connectivity index (χ3n) is 6.17. The fourth-order valence-corrected chi connectivity index (χ4v) is 5.75. The van der Waals surface area contributed by atoms with Crippen molar-refractivity contribution in [2.24, 2.45) is 0 Å². The molecule has 0 spiro atoms. The van der Waals surface area contributed by atoms with Crippen molar-refractivity contribution in [1.29, 1.82) is 0 Å². The van der Waals surface area contributed by atoms with E-state index in [4.69, 9.17) is 0 Å². The van der Waals surface area contributed by atoms with Gasteiger partial charge in [-0.25, -0.2) is 13.3 Å². The summed E-state index contributed by atoms with van der Waals surface area (Å²) in [7, 11) is -3.59. The first kappa shape index (κ1) is 22.3. The van der Waals surface area contributed by atoms with Crippen molar-refractivity contribution in [2.45, 2.75) is 31.2 Å². The molecule has 32 heavy (non-hydrogen) atoms. The minimum absolute atomic E-state index is 0.0726. The standard InChI is InChI=1S/C23H25N3O5S/c1-16-6-8-20(9-7-16)32(30,31)25-12-10-24(11-13-25)21-15-22(28)26(23(21)29)19-5-3-4-18(14-19)17(2)27/h3-9,14,21H,10-13,15H2,1-2H3/p+1/t21-/m1/s1. The molecular formula is C23H26N3O5S+. The summed E-state index contributed by atoms with van der Waals surface area (Å²) in [6.07, 6.45) is 0.0726. The third-order valence-corrected chi connectivity index (χ3v) is 8.09. The summed E-state index contributed by atoms with van der Waals surface area (Å²) >= 11 is 0. The molecule has 8 nitrogen and oxygen atoms in total. The number of sulfonamides is 1. The Kier molecular flexibility index (Phi) is 5.98. The Balaban J connectivity index is 1.46. The molecule has 0 bridgehead atoms. The topological polar surface area (TPSA) is 96.3 Å². The first-order chi connectivity index (χ1) is 15.2. The van der Waals surface area contributed by atoms with Crippen LogP contribution in [0, 0.1) is 6.92 Å². The fourth-order valence-electron chi connectivity index (χ4n) is 4.31. The number of benzene rings is 2. The zero-order valence-corrected chi connectivity index (χ0v) is 18.9. The Morgan fingerprint density at radius 2 is 1.69 bits per heavy atom. The number of Topliss-reactive ketones (excluding diaryl/α,β-unsaturated/α-hetero) is 1. The van der Waals surface area contributed by atoms with Crippen LogP contribution in [0.25, 0.3) is 0 Å². The lowest BCUT2D eigenvalue weighted by Gasteiger charge is -2.33. The second-order valence-electron chi connectivity index (χ2n) is 8.31. The Morgan fingerprint density at radius 3 is 2.31 bits per heavy atom. The number of ketones is 1. The minimum atomic E-state index is -3.59. The number of rotatable bonds is 5. The van der Waals surface area contributed by atoms with Crippen LogP contribution >= 0.6 is 0 Å². The fraction of sp³-hybridized carbons (Fsp3) is 0.348. The summed E-state index contributed by atoms with van der Waals surface area (Å²) in [5.74, 6) is -0.748. The van der Waals surface area contributed by atoms with Crippen LogP contribution in [-0.2, 0) is 19.6 Å². The van der Waals surface area contributed by atoms with Gasteiger partial charge in [-0.3, -0.25) is 14.4 Å². The van der Waals surface area contributed by atoms with Gasteiger partial charge in [-0.1, -0.05) is 29.8 Å². The zero-order valence-electron chi connectivity index (χ0n) is 18.1. The zero-order chi connectivity index (χ0) is 23.0. The van der Waals surface area contributed by atoms with E-state index < -0.39 is 16.1 Å². The minimum Gasteiger partial charge on any atom is -0.322 e. The summed E-state index contributed by atoms with van der Waals surface area (Å²) < 4.78 is 27.3. The summed E-state index contributed by atoms with van der Waals surface area (Å²) in [4.78, 5) is 39.7. The third kappa shape index (κ3) is 4.11. The normalized spacial score (nSPS) is 20.7. The van der Waals surface area contributed by atoms with Gasteiger partial charge in [0.2, 0.25) is 15.9 Å². The molecule has 2 aliphatic rings. The molecule has 1 N–H and O–H groups in total. The molecular weight excluding hydrogens is 430 g/mol. The number of nitrogens with one attached hydrogen (secondary N) is 1. The number of hydrogen-bond acceptors (Lipinski definition) is 5. The van der Waals surface area contributed by atoms with E-state index in [2.05, 4.69) is 0 Å². The van der Waals surface area contributed by atoms with Crippen LogP contribution in [0.1, 0.15) is 29.3 Å². The van der Waals surface area contributed by atoms with Gasteiger partial charge < -0.3 is 4.90 Å². The molecule has 2 heterocycles. The largest absolute Gasteiger partial charge is 0.322 e. The van der Waals surface area contributed by atoms with Gasteiger partial charge in [-0.2, -0.15) is 4.31 Å². The van der Waals surface area contributed by atoms with Gasteiger partial charge in [0.05, 0.1) is 43.2 Å². The molecule has 0 radical (unpaired) electrons. The average molecular weight is 457 g/mol. The van der Waals surface area contributed by atoms with E-state index in [9.17, 15) is 22.8 Å². The lowest BCUT2D eigenvalue weighted by Crippen LogP contribution is -3.19. The van der Waals surface area contributed by atoms with E-state index >= 15 is 0 Å². The predicted molar refractivity (Wildman–Crippen MR) is 118 cm³/mol. The number of carbonyl (C=O) groups is 3. The number of aryl methyl sites for hydroxylation is 1. The maximum atomic E-state index is 13.1. The first-order valence-electron chi connectivity index (χ1n) is 10.6. The Labute approximate surface area is 187 Å². The van der Waals surface area contributed by atoms with Crippen LogP contribution in [0.4, 0.5) is 5.69 Å². The number of piperazine rings is 1. The van der Waals surface area contributed by atoms with Gasteiger partial charge in [0.15, 0.2) is 11.8 Å². The smallest absolute Gasteiger partial charge is 0.292 e. The van der Waals surface area contributed by atoms with Crippen molar-refractivity contribution >= 4 is 33.3 Å². The number of nitrogens with zero attached hydrogens (tertiary/aromatic N) is 2. The van der Waals surface area contributed by atoms with Gasteiger partial charge in [0.1, 0.15) is 0 Å². The SMILES string of the molecule is CC(=O)c1cccc(N2C(=O)C[C@@H]([NH+]3CCN(S(=O)(=O)c4ccc(C)cc4)CC3)C2=O)c1. The molecule has 2 saturated heterocycles. The molecule has 0 aromatic heterocycles. The van der Waals surface area contributed by atoms with Crippen LogP contribution in [0.5, 0.6) is 0 Å². The molecule has 2 aromatic carbocycles. The molecule has 168 valence electrons. The van der Waals surface area contributed by atoms with Crippen molar-refractivity contribution in [3.05, 3.63) is 59.7 Å². The molecule has 2 aromatic rings. The van der Waals surface area contributed by atoms with Crippen molar-refractivity contribution in [3.63, 3.8) is 0 Å². The quantitative estimate of drug-likeness (QED) is 0.520. The summed E-state index contributed by atoms with van der Waals surface area (Å²) in [5.41, 5.74) is 1.82. The lowest BCUT2D eigenvalue weighted by molar-refractivity contribution is -0.918. The number of quaternary nitrogens is 1. The van der Waals surface area contributed by atoms with Gasteiger partial charge in [0, 0.05) is 5.56 Å². The molecule has 1 atom stereocenters. The Bertz CT molecular complexity index is 1170. The average Bonchev–Trinajstić information content (AvgIpc) is 3.08. The van der Waals surface area contributed by atoms with Crippen LogP contribution in [0.15, 0.2) is 53.4 Å². The van der Waals surface area contributed by atoms with Gasteiger partial charge in [-0.15, -0.1) is 0 Å². The number of anilines is 1. The van der Waals surface area contributed by atoms with E-state index in [0.29, 0.717) is 24.3 Å². The maximum Gasteiger partial charge on any atom is 0.292 e. The highest BCUT2D eigenvalue weighted by Gasteiger charge is 2.47. The molecule has 2 amide bonds. The molecule has 0 unspecified atom stereocenters. The summed E-state index contributed by atoms with van der Waals surface area (Å²) in [5, 5.41) is 0. The van der Waals surface area contributed by atoms with E-state index in [-0.39, 0.29) is 42.0 Å². The molecule has 2 aliphatic heterocycles. The highest BCUT2D eigenvalue weighted by atomic mass is 32.2. The Hall–Kier alpha value is -2.88. The van der Waals surface area contributed by atoms with Crippen molar-refractivity contribution in [3.8, 4) is 0 Å².